The van der Waals surface area contributed by atoms with Gasteiger partial charge in [-0.05, 0) is 52.2 Å². The Morgan fingerprint density at radius 2 is 1.12 bits per heavy atom. The van der Waals surface area contributed by atoms with Crippen LogP contribution in [0, 0.1) is 0 Å². The summed E-state index contributed by atoms with van der Waals surface area (Å²) in [5, 5.41) is 0. The first-order valence-electron chi connectivity index (χ1n) is 5.96. The van der Waals surface area contributed by atoms with Gasteiger partial charge in [0.15, 0.2) is 0 Å². The van der Waals surface area contributed by atoms with E-state index >= 15 is 0 Å². The average Bonchev–Trinajstić information content (AvgIpc) is 2.24. The third-order valence-corrected chi connectivity index (χ3v) is 2.78. The van der Waals surface area contributed by atoms with Crippen LogP contribution in [-0.2, 0) is 12.8 Å². The molecule has 0 saturated carbocycles. The molecule has 16 heavy (non-hydrogen) atoms. The van der Waals surface area contributed by atoms with E-state index < -0.39 is 0 Å². The van der Waals surface area contributed by atoms with Gasteiger partial charge in [-0.25, -0.2) is 0 Å². The highest BCUT2D eigenvalue weighted by molar-refractivity contribution is 5.27. The van der Waals surface area contributed by atoms with Gasteiger partial charge in [0, 0.05) is 13.1 Å². The minimum absolute atomic E-state index is 1.12. The zero-order valence-electron chi connectivity index (χ0n) is 11.0. The molecule has 0 N–H and O–H groups in total. The van der Waals surface area contributed by atoms with Crippen molar-refractivity contribution in [2.24, 2.45) is 0 Å². The predicted octanol–water partition coefficient (Wildman–Crippen LogP) is 1.89. The van der Waals surface area contributed by atoms with Crippen LogP contribution in [0.25, 0.3) is 0 Å². The second kappa shape index (κ2) is 6.66. The monoisotopic (exact) mass is 220 g/mol. The van der Waals surface area contributed by atoms with Crippen LogP contribution in [-0.4, -0.2) is 51.1 Å². The highest BCUT2D eigenvalue weighted by atomic mass is 15.1. The molecule has 0 aliphatic carbocycles. The molecule has 0 heterocycles. The molecule has 0 saturated heterocycles. The van der Waals surface area contributed by atoms with Crippen LogP contribution in [0.5, 0.6) is 0 Å². The number of likely N-dealkylation sites (N-methyl/N-ethyl adjacent to an activating group) is 2. The Morgan fingerprint density at radius 3 is 1.44 bits per heavy atom. The van der Waals surface area contributed by atoms with Gasteiger partial charge in [0.05, 0.1) is 0 Å². The van der Waals surface area contributed by atoms with Crippen LogP contribution in [0.3, 0.4) is 0 Å². The average molecular weight is 220 g/mol. The quantitative estimate of drug-likeness (QED) is 0.722. The molecular weight excluding hydrogens is 196 g/mol. The molecule has 1 aromatic carbocycles. The summed E-state index contributed by atoms with van der Waals surface area (Å²) in [6, 6.07) is 8.80. The van der Waals surface area contributed by atoms with Crippen molar-refractivity contribution in [3.8, 4) is 0 Å². The lowest BCUT2D eigenvalue weighted by Gasteiger charge is -2.14. The van der Waals surface area contributed by atoms with Crippen LogP contribution in [0.15, 0.2) is 24.3 Å². The molecule has 0 spiro atoms. The van der Waals surface area contributed by atoms with Gasteiger partial charge in [0.1, 0.15) is 0 Å². The Morgan fingerprint density at radius 1 is 0.750 bits per heavy atom. The van der Waals surface area contributed by atoms with Gasteiger partial charge in [-0.3, -0.25) is 0 Å². The molecule has 0 aromatic heterocycles. The molecule has 0 fully saturated rings. The van der Waals surface area contributed by atoms with E-state index in [0.717, 1.165) is 25.9 Å². The van der Waals surface area contributed by atoms with Crippen molar-refractivity contribution in [3.05, 3.63) is 35.4 Å². The summed E-state index contributed by atoms with van der Waals surface area (Å²) in [6.07, 6.45) is 2.30. The van der Waals surface area contributed by atoms with E-state index in [1.807, 2.05) is 0 Å². The van der Waals surface area contributed by atoms with E-state index in [4.69, 9.17) is 0 Å². The fourth-order valence-corrected chi connectivity index (χ4v) is 1.73. The maximum atomic E-state index is 2.26. The number of nitrogens with zero attached hydrogens (tertiary/aromatic N) is 2. The highest BCUT2D eigenvalue weighted by Crippen LogP contribution is 2.10. The molecular formula is C14H24N2. The van der Waals surface area contributed by atoms with Crippen molar-refractivity contribution in [2.75, 3.05) is 41.3 Å². The Labute approximate surface area is 99.9 Å². The lowest BCUT2D eigenvalue weighted by atomic mass is 10.0. The van der Waals surface area contributed by atoms with Crippen LogP contribution in [0.4, 0.5) is 0 Å². The molecule has 0 unspecified atom stereocenters. The van der Waals surface area contributed by atoms with E-state index in [1.165, 1.54) is 11.1 Å². The summed E-state index contributed by atoms with van der Waals surface area (Å²) in [6.45, 7) is 2.25. The lowest BCUT2D eigenvalue weighted by Crippen LogP contribution is -2.18. The van der Waals surface area contributed by atoms with Gasteiger partial charge < -0.3 is 9.80 Å². The van der Waals surface area contributed by atoms with Gasteiger partial charge in [0.2, 0.25) is 0 Å². The number of hydrogen-bond acceptors (Lipinski definition) is 2. The Bertz CT molecular complexity index is 274. The normalized spacial score (nSPS) is 11.4. The first-order valence-corrected chi connectivity index (χ1v) is 5.96. The van der Waals surface area contributed by atoms with Gasteiger partial charge in [-0.2, -0.15) is 0 Å². The van der Waals surface area contributed by atoms with E-state index in [1.54, 1.807) is 0 Å². The summed E-state index contributed by atoms with van der Waals surface area (Å²) in [5.74, 6) is 0. The van der Waals surface area contributed by atoms with Crippen LogP contribution < -0.4 is 0 Å². The van der Waals surface area contributed by atoms with Crippen molar-refractivity contribution >= 4 is 0 Å². The number of hydrogen-bond donors (Lipinski definition) is 0. The third kappa shape index (κ3) is 4.77. The summed E-state index contributed by atoms with van der Waals surface area (Å²) in [4.78, 5) is 4.48. The predicted molar refractivity (Wildman–Crippen MR) is 71.0 cm³/mol. The molecule has 2 heteroatoms. The summed E-state index contributed by atoms with van der Waals surface area (Å²) in [5.41, 5.74) is 3.00. The minimum atomic E-state index is 1.12. The molecule has 0 aliphatic heterocycles. The zero-order valence-corrected chi connectivity index (χ0v) is 11.0. The molecule has 2 nitrogen and oxygen atoms in total. The second-order valence-corrected chi connectivity index (χ2v) is 4.88. The summed E-state index contributed by atoms with van der Waals surface area (Å²) < 4.78 is 0. The fourth-order valence-electron chi connectivity index (χ4n) is 1.73. The van der Waals surface area contributed by atoms with E-state index in [2.05, 4.69) is 62.3 Å². The van der Waals surface area contributed by atoms with E-state index in [0.29, 0.717) is 0 Å². The topological polar surface area (TPSA) is 6.48 Å². The minimum Gasteiger partial charge on any atom is -0.309 e. The summed E-state index contributed by atoms with van der Waals surface area (Å²) in [7, 11) is 8.51. The Hall–Kier alpha value is -0.860. The van der Waals surface area contributed by atoms with E-state index in [9.17, 15) is 0 Å². The van der Waals surface area contributed by atoms with E-state index in [-0.39, 0.29) is 0 Å². The molecule has 90 valence electrons. The molecule has 1 aromatic rings. The Kier molecular flexibility index (Phi) is 5.50. The summed E-state index contributed by atoms with van der Waals surface area (Å²) >= 11 is 0. The second-order valence-electron chi connectivity index (χ2n) is 4.88. The fraction of sp³-hybridized carbons (Fsp3) is 0.571. The van der Waals surface area contributed by atoms with Gasteiger partial charge in [-0.1, -0.05) is 24.3 Å². The van der Waals surface area contributed by atoms with Crippen LogP contribution >= 0.6 is 0 Å². The molecule has 0 aliphatic rings. The van der Waals surface area contributed by atoms with Crippen LogP contribution in [0.2, 0.25) is 0 Å². The molecule has 0 radical (unpaired) electrons. The number of benzene rings is 1. The molecule has 0 bridgehead atoms. The Balaban J connectivity index is 2.60. The molecule has 0 amide bonds. The first-order chi connectivity index (χ1) is 7.59. The zero-order chi connectivity index (χ0) is 12.0. The van der Waals surface area contributed by atoms with Crippen LogP contribution in [0.1, 0.15) is 11.1 Å². The van der Waals surface area contributed by atoms with Gasteiger partial charge in [0.25, 0.3) is 0 Å². The maximum absolute atomic E-state index is 2.26. The molecule has 0 atom stereocenters. The van der Waals surface area contributed by atoms with Gasteiger partial charge >= 0.3 is 0 Å². The van der Waals surface area contributed by atoms with Crippen molar-refractivity contribution in [1.82, 2.24) is 9.80 Å². The highest BCUT2D eigenvalue weighted by Gasteiger charge is 2.02. The smallest absolute Gasteiger partial charge is 0.00158 e. The first kappa shape index (κ1) is 13.2. The SMILES string of the molecule is CN(C)CCc1ccccc1CCN(C)C. The third-order valence-electron chi connectivity index (χ3n) is 2.78. The lowest BCUT2D eigenvalue weighted by molar-refractivity contribution is 0.406. The van der Waals surface area contributed by atoms with Crippen molar-refractivity contribution < 1.29 is 0 Å². The van der Waals surface area contributed by atoms with Crippen molar-refractivity contribution in [2.45, 2.75) is 12.8 Å². The van der Waals surface area contributed by atoms with Crippen molar-refractivity contribution in [3.63, 3.8) is 0 Å². The molecule has 1 rings (SSSR count). The number of rotatable bonds is 6. The van der Waals surface area contributed by atoms with Gasteiger partial charge in [-0.15, -0.1) is 0 Å². The van der Waals surface area contributed by atoms with Crippen molar-refractivity contribution in [1.29, 1.82) is 0 Å². The standard InChI is InChI=1S/C14H24N2/c1-15(2)11-9-13-7-5-6-8-14(13)10-12-16(3)4/h5-8H,9-12H2,1-4H3. The maximum Gasteiger partial charge on any atom is 0.00158 e. The largest absolute Gasteiger partial charge is 0.309 e.